The Morgan fingerprint density at radius 3 is 2.85 bits per heavy atom. The van der Waals surface area contributed by atoms with Crippen molar-refractivity contribution in [2.75, 3.05) is 33.6 Å². The third-order valence-electron chi connectivity index (χ3n) is 6.68. The topological polar surface area (TPSA) is 70.1 Å². The highest BCUT2D eigenvalue weighted by atomic mass is 19.3. The van der Waals surface area contributed by atoms with Crippen molar-refractivity contribution in [1.29, 1.82) is 0 Å². The zero-order valence-corrected chi connectivity index (χ0v) is 18.6. The van der Waals surface area contributed by atoms with Crippen LogP contribution in [0.4, 0.5) is 13.2 Å². The molecule has 1 aromatic heterocycles. The smallest absolute Gasteiger partial charge is 0.284 e. The van der Waals surface area contributed by atoms with Gasteiger partial charge in [0.05, 0.1) is 13.7 Å². The van der Waals surface area contributed by atoms with Crippen molar-refractivity contribution in [1.82, 2.24) is 9.88 Å². The quantitative estimate of drug-likeness (QED) is 0.604. The lowest BCUT2D eigenvalue weighted by molar-refractivity contribution is -0.0608. The summed E-state index contributed by atoms with van der Waals surface area (Å²) in [7, 11) is 1.33. The average molecular weight is 478 g/mol. The van der Waals surface area contributed by atoms with Crippen LogP contribution in [-0.4, -0.2) is 61.4 Å². The Hall–Kier alpha value is -2.85. The lowest BCUT2D eigenvalue weighted by atomic mass is 9.82. The summed E-state index contributed by atoms with van der Waals surface area (Å²) >= 11 is 0. The Bertz CT molecular complexity index is 1080. The third kappa shape index (κ3) is 4.20. The van der Waals surface area contributed by atoms with E-state index < -0.39 is 30.2 Å². The van der Waals surface area contributed by atoms with Gasteiger partial charge in [-0.15, -0.1) is 0 Å². The van der Waals surface area contributed by atoms with E-state index in [9.17, 15) is 18.0 Å². The van der Waals surface area contributed by atoms with Gasteiger partial charge < -0.3 is 23.8 Å². The molecule has 1 amide bonds. The van der Waals surface area contributed by atoms with E-state index in [0.717, 1.165) is 0 Å². The second-order valence-electron chi connectivity index (χ2n) is 8.85. The molecule has 0 radical (unpaired) electrons. The molecule has 10 heteroatoms. The van der Waals surface area contributed by atoms with Crippen LogP contribution in [0.3, 0.4) is 0 Å². The molecule has 2 saturated heterocycles. The predicted octanol–water partition coefficient (Wildman–Crippen LogP) is 3.77. The highest BCUT2D eigenvalue weighted by Gasteiger charge is 2.51. The van der Waals surface area contributed by atoms with Crippen LogP contribution < -0.4 is 9.47 Å². The number of methoxy groups -OCH3 is 1. The van der Waals surface area contributed by atoms with Crippen LogP contribution in [-0.2, 0) is 15.1 Å². The molecule has 1 aliphatic carbocycles. The number of fused-ring (bicyclic) bond motifs is 1. The summed E-state index contributed by atoms with van der Waals surface area (Å²) < 4.78 is 63.9. The number of carbonyl (C=O) groups is 1. The van der Waals surface area contributed by atoms with Crippen molar-refractivity contribution in [2.45, 2.75) is 36.9 Å². The van der Waals surface area contributed by atoms with Crippen LogP contribution >= 0.6 is 0 Å². The van der Waals surface area contributed by atoms with E-state index in [1.165, 1.54) is 31.4 Å². The number of rotatable bonds is 7. The Morgan fingerprint density at radius 2 is 2.12 bits per heavy atom. The van der Waals surface area contributed by atoms with Crippen molar-refractivity contribution < 1.29 is 36.9 Å². The number of halogens is 3. The highest BCUT2D eigenvalue weighted by Crippen LogP contribution is 2.44. The van der Waals surface area contributed by atoms with E-state index in [1.807, 2.05) is 0 Å². The van der Waals surface area contributed by atoms with Gasteiger partial charge in [0.15, 0.2) is 12.4 Å². The maximum atomic E-state index is 14.0. The van der Waals surface area contributed by atoms with Crippen LogP contribution in [0.5, 0.6) is 11.6 Å². The molecule has 1 aromatic carbocycles. The second-order valence-corrected chi connectivity index (χ2v) is 8.85. The molecule has 2 atom stereocenters. The maximum absolute atomic E-state index is 14.0. The monoisotopic (exact) mass is 478 g/mol. The Labute approximate surface area is 194 Å². The standard InChI is InChI=1S/C24H25F3N2O5/c1-31-21-19(32-13-24(26,27)15-5-6-15)8-7-18(28-21)22(30)29-10-9-23(20(12-29)33-14-34-23)16-3-2-4-17(25)11-16/h2-4,7-8,11,15,20H,5-6,9-10,12-14H2,1H3/t20?,23-/m1/s1. The Morgan fingerprint density at radius 1 is 1.29 bits per heavy atom. The van der Waals surface area contributed by atoms with Gasteiger partial charge in [0.25, 0.3) is 17.7 Å². The molecule has 2 aliphatic heterocycles. The number of nitrogens with zero attached hydrogens (tertiary/aromatic N) is 2. The summed E-state index contributed by atoms with van der Waals surface area (Å²) in [4.78, 5) is 18.9. The number of pyridine rings is 1. The molecule has 0 spiro atoms. The fourth-order valence-corrected chi connectivity index (χ4v) is 4.59. The summed E-state index contributed by atoms with van der Waals surface area (Å²) in [5.41, 5.74) is -0.0594. The van der Waals surface area contributed by atoms with E-state index in [-0.39, 0.29) is 42.4 Å². The van der Waals surface area contributed by atoms with Crippen LogP contribution in [0.15, 0.2) is 36.4 Å². The third-order valence-corrected chi connectivity index (χ3v) is 6.68. The van der Waals surface area contributed by atoms with Crippen LogP contribution in [0.1, 0.15) is 35.3 Å². The lowest BCUT2D eigenvalue weighted by Crippen LogP contribution is -2.53. The summed E-state index contributed by atoms with van der Waals surface area (Å²) in [5.74, 6) is -4.28. The van der Waals surface area contributed by atoms with Gasteiger partial charge in [0.1, 0.15) is 30.0 Å². The number of hydrogen-bond acceptors (Lipinski definition) is 6. The number of benzene rings is 1. The number of piperidine rings is 1. The molecule has 1 saturated carbocycles. The van der Waals surface area contributed by atoms with Crippen molar-refractivity contribution in [3.8, 4) is 11.6 Å². The van der Waals surface area contributed by atoms with Gasteiger partial charge in [-0.25, -0.2) is 18.2 Å². The molecule has 2 aromatic rings. The van der Waals surface area contributed by atoms with E-state index >= 15 is 0 Å². The van der Waals surface area contributed by atoms with E-state index in [1.54, 1.807) is 17.0 Å². The van der Waals surface area contributed by atoms with Gasteiger partial charge in [-0.1, -0.05) is 12.1 Å². The van der Waals surface area contributed by atoms with Crippen molar-refractivity contribution in [3.05, 3.63) is 53.5 Å². The van der Waals surface area contributed by atoms with Crippen LogP contribution in [0.25, 0.3) is 0 Å². The first-order valence-corrected chi connectivity index (χ1v) is 11.2. The van der Waals surface area contributed by atoms with E-state index in [0.29, 0.717) is 31.4 Å². The zero-order chi connectivity index (χ0) is 23.9. The van der Waals surface area contributed by atoms with E-state index in [2.05, 4.69) is 4.98 Å². The van der Waals surface area contributed by atoms with E-state index in [4.69, 9.17) is 18.9 Å². The maximum Gasteiger partial charge on any atom is 0.284 e. The normalized spacial score (nSPS) is 24.6. The second kappa shape index (κ2) is 8.74. The number of hydrogen-bond donors (Lipinski definition) is 0. The first-order valence-electron chi connectivity index (χ1n) is 11.2. The minimum Gasteiger partial charge on any atom is -0.482 e. The number of aromatic nitrogens is 1. The molecule has 3 aliphatic rings. The highest BCUT2D eigenvalue weighted by molar-refractivity contribution is 5.92. The van der Waals surface area contributed by atoms with Crippen LogP contribution in [0.2, 0.25) is 0 Å². The molecule has 3 fully saturated rings. The summed E-state index contributed by atoms with van der Waals surface area (Å²) in [6.45, 7) is -0.153. The van der Waals surface area contributed by atoms with Gasteiger partial charge in [-0.2, -0.15) is 0 Å². The minimum absolute atomic E-state index is 0.0380. The summed E-state index contributed by atoms with van der Waals surface area (Å²) in [5, 5.41) is 0. The SMILES string of the molecule is COc1nc(C(=O)N2CC[C@]3(c4cccc(F)c4)OCOC3C2)ccc1OCC(F)(F)C1CC1. The molecule has 0 N–H and O–H groups in total. The summed E-state index contributed by atoms with van der Waals surface area (Å²) in [6.07, 6.45) is 0.930. The van der Waals surface area contributed by atoms with Crippen molar-refractivity contribution in [3.63, 3.8) is 0 Å². The van der Waals surface area contributed by atoms with Gasteiger partial charge in [-0.05, 0) is 42.7 Å². The molecule has 34 heavy (non-hydrogen) atoms. The van der Waals surface area contributed by atoms with Gasteiger partial charge in [0, 0.05) is 18.9 Å². The summed E-state index contributed by atoms with van der Waals surface area (Å²) in [6, 6.07) is 9.05. The zero-order valence-electron chi connectivity index (χ0n) is 18.6. The van der Waals surface area contributed by atoms with Crippen molar-refractivity contribution in [2.24, 2.45) is 5.92 Å². The molecular weight excluding hydrogens is 453 g/mol. The Balaban J connectivity index is 1.29. The molecule has 3 heterocycles. The Kier molecular flexibility index (Phi) is 5.89. The average Bonchev–Trinajstić information content (AvgIpc) is 3.62. The fraction of sp³-hybridized carbons (Fsp3) is 0.500. The first-order chi connectivity index (χ1) is 16.3. The number of likely N-dealkylation sites (tertiary alicyclic amines) is 1. The molecular formula is C24H25F3N2O5. The lowest BCUT2D eigenvalue weighted by Gasteiger charge is -2.41. The van der Waals surface area contributed by atoms with Gasteiger partial charge in [-0.3, -0.25) is 4.79 Å². The predicted molar refractivity (Wildman–Crippen MR) is 113 cm³/mol. The number of amides is 1. The van der Waals surface area contributed by atoms with Crippen LogP contribution in [0, 0.1) is 11.7 Å². The first kappa shape index (κ1) is 22.9. The molecule has 5 rings (SSSR count). The molecule has 1 unspecified atom stereocenters. The molecule has 0 bridgehead atoms. The number of ether oxygens (including phenoxy) is 4. The van der Waals surface area contributed by atoms with Gasteiger partial charge in [0.2, 0.25) is 0 Å². The fourth-order valence-electron chi connectivity index (χ4n) is 4.59. The number of alkyl halides is 2. The minimum atomic E-state index is -2.91. The number of carbonyl (C=O) groups excluding carboxylic acids is 1. The molecule has 7 nitrogen and oxygen atoms in total. The molecule has 182 valence electrons. The van der Waals surface area contributed by atoms with Gasteiger partial charge >= 0.3 is 0 Å². The van der Waals surface area contributed by atoms with Crippen molar-refractivity contribution >= 4 is 5.91 Å². The largest absolute Gasteiger partial charge is 0.482 e.